The summed E-state index contributed by atoms with van der Waals surface area (Å²) in [7, 11) is 0. The normalized spacial score (nSPS) is 14.8. The van der Waals surface area contributed by atoms with Crippen LogP contribution in [-0.4, -0.2) is 12.1 Å². The van der Waals surface area contributed by atoms with Crippen LogP contribution in [-0.2, 0) is 6.54 Å². The summed E-state index contributed by atoms with van der Waals surface area (Å²) in [5.74, 6) is 1.05. The van der Waals surface area contributed by atoms with Crippen LogP contribution in [0.2, 0.25) is 0 Å². The van der Waals surface area contributed by atoms with Crippen molar-refractivity contribution in [3.63, 3.8) is 0 Å². The summed E-state index contributed by atoms with van der Waals surface area (Å²) in [6.07, 6.45) is 5.05. The van der Waals surface area contributed by atoms with Crippen molar-refractivity contribution in [2.45, 2.75) is 58.2 Å². The first-order valence-electron chi connectivity index (χ1n) is 8.22. The van der Waals surface area contributed by atoms with Gasteiger partial charge in [0.2, 0.25) is 0 Å². The molecule has 0 aliphatic heterocycles. The predicted octanol–water partition coefficient (Wildman–Crippen LogP) is 4.66. The zero-order chi connectivity index (χ0) is 14.7. The first-order chi connectivity index (χ1) is 10.3. The molecule has 0 unspecified atom stereocenters. The minimum absolute atomic E-state index is 0.311. The summed E-state index contributed by atoms with van der Waals surface area (Å²) in [5, 5.41) is 6.24. The van der Waals surface area contributed by atoms with Gasteiger partial charge >= 0.3 is 0 Å². The van der Waals surface area contributed by atoms with E-state index in [0.29, 0.717) is 12.1 Å². The first-order valence-corrected chi connectivity index (χ1v) is 8.22. The molecule has 0 radical (unpaired) electrons. The van der Waals surface area contributed by atoms with E-state index in [1.807, 2.05) is 0 Å². The SMILES string of the molecule is CCC(CC)Oc1ccc2ccccc2c1CNC1CC1. The lowest BCUT2D eigenvalue weighted by Crippen LogP contribution is -2.19. The number of hydrogen-bond acceptors (Lipinski definition) is 2. The van der Waals surface area contributed by atoms with Crippen LogP contribution in [0.4, 0.5) is 0 Å². The van der Waals surface area contributed by atoms with Crippen LogP contribution in [0.3, 0.4) is 0 Å². The molecular formula is C19H25NO. The number of hydrogen-bond donors (Lipinski definition) is 1. The second-order valence-corrected chi connectivity index (χ2v) is 5.97. The molecule has 0 atom stereocenters. The van der Waals surface area contributed by atoms with Gasteiger partial charge < -0.3 is 10.1 Å². The lowest BCUT2D eigenvalue weighted by atomic mass is 10.0. The third kappa shape index (κ3) is 3.38. The van der Waals surface area contributed by atoms with Crippen molar-refractivity contribution >= 4 is 10.8 Å². The molecule has 1 N–H and O–H groups in total. The van der Waals surface area contributed by atoms with Crippen molar-refractivity contribution in [1.29, 1.82) is 0 Å². The van der Waals surface area contributed by atoms with E-state index >= 15 is 0 Å². The monoisotopic (exact) mass is 283 g/mol. The highest BCUT2D eigenvalue weighted by molar-refractivity contribution is 5.87. The van der Waals surface area contributed by atoms with Crippen LogP contribution >= 0.6 is 0 Å². The number of benzene rings is 2. The Hall–Kier alpha value is -1.54. The minimum atomic E-state index is 0.311. The van der Waals surface area contributed by atoms with Gasteiger partial charge in [-0.15, -0.1) is 0 Å². The van der Waals surface area contributed by atoms with Crippen LogP contribution in [0.25, 0.3) is 10.8 Å². The molecule has 0 amide bonds. The van der Waals surface area contributed by atoms with Crippen molar-refractivity contribution in [1.82, 2.24) is 5.32 Å². The van der Waals surface area contributed by atoms with E-state index in [1.54, 1.807) is 0 Å². The Bertz CT molecular complexity index is 600. The van der Waals surface area contributed by atoms with Gasteiger partial charge in [0.1, 0.15) is 5.75 Å². The highest BCUT2D eigenvalue weighted by Crippen LogP contribution is 2.30. The maximum Gasteiger partial charge on any atom is 0.124 e. The van der Waals surface area contributed by atoms with Gasteiger partial charge in [0.15, 0.2) is 0 Å². The lowest BCUT2D eigenvalue weighted by Gasteiger charge is -2.20. The number of fused-ring (bicyclic) bond motifs is 1. The summed E-state index contributed by atoms with van der Waals surface area (Å²) in [4.78, 5) is 0. The molecule has 21 heavy (non-hydrogen) atoms. The molecule has 1 fully saturated rings. The second kappa shape index (κ2) is 6.48. The van der Waals surface area contributed by atoms with E-state index < -0.39 is 0 Å². The van der Waals surface area contributed by atoms with Gasteiger partial charge in [0.25, 0.3) is 0 Å². The molecule has 1 aliphatic carbocycles. The Labute approximate surface area is 127 Å². The minimum Gasteiger partial charge on any atom is -0.490 e. The Kier molecular flexibility index (Phi) is 4.45. The number of nitrogens with one attached hydrogen (secondary N) is 1. The lowest BCUT2D eigenvalue weighted by molar-refractivity contribution is 0.191. The fourth-order valence-electron chi connectivity index (χ4n) is 2.78. The molecule has 2 aromatic carbocycles. The molecule has 2 aromatic rings. The van der Waals surface area contributed by atoms with Crippen LogP contribution in [0.5, 0.6) is 5.75 Å². The van der Waals surface area contributed by atoms with E-state index in [9.17, 15) is 0 Å². The summed E-state index contributed by atoms with van der Waals surface area (Å²) < 4.78 is 6.26. The van der Waals surface area contributed by atoms with E-state index in [2.05, 4.69) is 55.6 Å². The van der Waals surface area contributed by atoms with Gasteiger partial charge in [0, 0.05) is 18.2 Å². The highest BCUT2D eigenvalue weighted by Gasteiger charge is 2.21. The van der Waals surface area contributed by atoms with Gasteiger partial charge in [-0.2, -0.15) is 0 Å². The van der Waals surface area contributed by atoms with Gasteiger partial charge in [-0.25, -0.2) is 0 Å². The van der Waals surface area contributed by atoms with Gasteiger partial charge in [-0.3, -0.25) is 0 Å². The van der Waals surface area contributed by atoms with Crippen molar-refractivity contribution < 1.29 is 4.74 Å². The largest absolute Gasteiger partial charge is 0.490 e. The van der Waals surface area contributed by atoms with Crippen molar-refractivity contribution in [2.24, 2.45) is 0 Å². The topological polar surface area (TPSA) is 21.3 Å². The van der Waals surface area contributed by atoms with Crippen molar-refractivity contribution in [3.8, 4) is 5.75 Å². The Morgan fingerprint density at radius 3 is 2.57 bits per heavy atom. The average Bonchev–Trinajstić information content (AvgIpc) is 3.35. The number of ether oxygens (including phenoxy) is 1. The molecule has 0 aromatic heterocycles. The fourth-order valence-corrected chi connectivity index (χ4v) is 2.78. The molecule has 2 heteroatoms. The van der Waals surface area contributed by atoms with Crippen LogP contribution in [0.15, 0.2) is 36.4 Å². The van der Waals surface area contributed by atoms with Crippen molar-refractivity contribution in [2.75, 3.05) is 0 Å². The Balaban J connectivity index is 1.93. The van der Waals surface area contributed by atoms with E-state index in [4.69, 9.17) is 4.74 Å². The molecule has 0 heterocycles. The average molecular weight is 283 g/mol. The first kappa shape index (κ1) is 14.4. The van der Waals surface area contributed by atoms with Gasteiger partial charge in [-0.1, -0.05) is 44.2 Å². The smallest absolute Gasteiger partial charge is 0.124 e. The molecule has 0 bridgehead atoms. The van der Waals surface area contributed by atoms with Crippen LogP contribution in [0.1, 0.15) is 45.1 Å². The maximum atomic E-state index is 6.26. The Morgan fingerprint density at radius 1 is 1.10 bits per heavy atom. The number of rotatable bonds is 7. The third-order valence-electron chi connectivity index (χ3n) is 4.35. The van der Waals surface area contributed by atoms with E-state index in [0.717, 1.165) is 25.1 Å². The summed E-state index contributed by atoms with van der Waals surface area (Å²) >= 11 is 0. The Morgan fingerprint density at radius 2 is 1.86 bits per heavy atom. The van der Waals surface area contributed by atoms with Gasteiger partial charge in [-0.05, 0) is 42.5 Å². The summed E-state index contributed by atoms with van der Waals surface area (Å²) in [6, 6.07) is 13.6. The summed E-state index contributed by atoms with van der Waals surface area (Å²) in [5.41, 5.74) is 1.31. The van der Waals surface area contributed by atoms with E-state index in [-0.39, 0.29) is 0 Å². The van der Waals surface area contributed by atoms with Crippen LogP contribution < -0.4 is 10.1 Å². The predicted molar refractivity (Wildman–Crippen MR) is 88.8 cm³/mol. The molecule has 3 rings (SSSR count). The fraction of sp³-hybridized carbons (Fsp3) is 0.474. The quantitative estimate of drug-likeness (QED) is 0.798. The standard InChI is InChI=1S/C19H25NO/c1-3-16(4-2)21-19-12-9-14-7-5-6-8-17(14)18(19)13-20-15-10-11-15/h5-9,12,15-16,20H,3-4,10-11,13H2,1-2H3. The summed E-state index contributed by atoms with van der Waals surface area (Å²) in [6.45, 7) is 5.29. The van der Waals surface area contributed by atoms with E-state index in [1.165, 1.54) is 29.2 Å². The third-order valence-corrected chi connectivity index (χ3v) is 4.35. The molecule has 0 spiro atoms. The molecule has 2 nitrogen and oxygen atoms in total. The maximum absolute atomic E-state index is 6.26. The zero-order valence-corrected chi connectivity index (χ0v) is 13.1. The van der Waals surface area contributed by atoms with Crippen LogP contribution in [0, 0.1) is 0 Å². The van der Waals surface area contributed by atoms with Crippen molar-refractivity contribution in [3.05, 3.63) is 42.0 Å². The molecular weight excluding hydrogens is 258 g/mol. The second-order valence-electron chi connectivity index (χ2n) is 5.97. The molecule has 0 saturated heterocycles. The van der Waals surface area contributed by atoms with Gasteiger partial charge in [0.05, 0.1) is 6.10 Å². The molecule has 1 aliphatic rings. The molecule has 112 valence electrons. The zero-order valence-electron chi connectivity index (χ0n) is 13.1. The molecule has 1 saturated carbocycles. The highest BCUT2D eigenvalue weighted by atomic mass is 16.5.